The van der Waals surface area contributed by atoms with E-state index in [1.54, 1.807) is 24.3 Å². The van der Waals surface area contributed by atoms with Crippen LogP contribution in [-0.4, -0.2) is 23.7 Å². The molecule has 0 atom stereocenters. The lowest BCUT2D eigenvalue weighted by molar-refractivity contribution is -0.384. The van der Waals surface area contributed by atoms with E-state index in [9.17, 15) is 14.9 Å². The zero-order valence-electron chi connectivity index (χ0n) is 12.5. The van der Waals surface area contributed by atoms with Gasteiger partial charge in [-0.15, -0.1) is 0 Å². The second-order valence-corrected chi connectivity index (χ2v) is 5.62. The van der Waals surface area contributed by atoms with Crippen molar-refractivity contribution in [2.75, 3.05) is 6.61 Å². The van der Waals surface area contributed by atoms with Crippen molar-refractivity contribution in [1.82, 2.24) is 5.43 Å². The highest BCUT2D eigenvalue weighted by molar-refractivity contribution is 9.10. The van der Waals surface area contributed by atoms with Crippen LogP contribution in [0.3, 0.4) is 0 Å². The van der Waals surface area contributed by atoms with Gasteiger partial charge in [-0.25, -0.2) is 5.43 Å². The molecule has 24 heavy (non-hydrogen) atoms. The summed E-state index contributed by atoms with van der Waals surface area (Å²) in [6.45, 7) is 0.217. The maximum absolute atomic E-state index is 11.6. The number of ether oxygens (including phenoxy) is 1. The molecular formula is C16H14BrN3O4. The average molecular weight is 392 g/mol. The number of nitro benzene ring substituents is 1. The lowest BCUT2D eigenvalue weighted by Gasteiger charge is -2.05. The number of rotatable bonds is 7. The highest BCUT2D eigenvalue weighted by Crippen LogP contribution is 2.17. The lowest BCUT2D eigenvalue weighted by Crippen LogP contribution is -2.20. The third-order valence-corrected chi connectivity index (χ3v) is 3.37. The van der Waals surface area contributed by atoms with E-state index in [-0.39, 0.29) is 24.6 Å². The van der Waals surface area contributed by atoms with Gasteiger partial charge < -0.3 is 4.74 Å². The monoisotopic (exact) mass is 391 g/mol. The summed E-state index contributed by atoms with van der Waals surface area (Å²) in [6, 6.07) is 13.3. The molecule has 0 unspecified atom stereocenters. The van der Waals surface area contributed by atoms with Crippen LogP contribution in [0.1, 0.15) is 12.0 Å². The van der Waals surface area contributed by atoms with Gasteiger partial charge in [0.1, 0.15) is 5.75 Å². The van der Waals surface area contributed by atoms with Crippen LogP contribution in [-0.2, 0) is 4.79 Å². The Morgan fingerprint density at radius 2 is 2.08 bits per heavy atom. The van der Waals surface area contributed by atoms with Gasteiger partial charge in [0.15, 0.2) is 0 Å². The third-order valence-electron chi connectivity index (χ3n) is 2.88. The molecule has 0 saturated heterocycles. The van der Waals surface area contributed by atoms with Crippen molar-refractivity contribution < 1.29 is 14.5 Å². The summed E-state index contributed by atoms with van der Waals surface area (Å²) in [4.78, 5) is 21.8. The van der Waals surface area contributed by atoms with E-state index in [1.165, 1.54) is 18.3 Å². The van der Waals surface area contributed by atoms with Crippen LogP contribution >= 0.6 is 15.9 Å². The van der Waals surface area contributed by atoms with Crippen molar-refractivity contribution in [3.63, 3.8) is 0 Å². The Morgan fingerprint density at radius 1 is 1.29 bits per heavy atom. The minimum absolute atomic E-state index is 0.0345. The Kier molecular flexibility index (Phi) is 6.44. The van der Waals surface area contributed by atoms with Gasteiger partial charge >= 0.3 is 0 Å². The number of nitro groups is 1. The van der Waals surface area contributed by atoms with Crippen LogP contribution in [0.25, 0.3) is 0 Å². The summed E-state index contributed by atoms with van der Waals surface area (Å²) in [6.07, 6.45) is 1.48. The summed E-state index contributed by atoms with van der Waals surface area (Å²) >= 11 is 3.33. The van der Waals surface area contributed by atoms with E-state index in [2.05, 4.69) is 26.5 Å². The second kappa shape index (κ2) is 8.78. The molecule has 1 amide bonds. The Hall–Kier alpha value is -2.74. The smallest absolute Gasteiger partial charge is 0.270 e. The molecule has 0 spiro atoms. The van der Waals surface area contributed by atoms with Gasteiger partial charge in [0.2, 0.25) is 5.91 Å². The third kappa shape index (κ3) is 5.81. The Labute approximate surface area is 146 Å². The van der Waals surface area contributed by atoms with Gasteiger partial charge in [0.25, 0.3) is 5.69 Å². The van der Waals surface area contributed by atoms with E-state index >= 15 is 0 Å². The van der Waals surface area contributed by atoms with Crippen molar-refractivity contribution in [2.24, 2.45) is 5.10 Å². The van der Waals surface area contributed by atoms with Gasteiger partial charge in [-0.2, -0.15) is 5.10 Å². The molecule has 0 aliphatic heterocycles. The maximum Gasteiger partial charge on any atom is 0.270 e. The van der Waals surface area contributed by atoms with Gasteiger partial charge in [-0.1, -0.05) is 34.1 Å². The van der Waals surface area contributed by atoms with E-state index < -0.39 is 4.92 Å². The number of nitrogens with one attached hydrogen (secondary N) is 1. The second-order valence-electron chi connectivity index (χ2n) is 4.70. The molecule has 0 fully saturated rings. The van der Waals surface area contributed by atoms with Crippen LogP contribution in [0.5, 0.6) is 5.75 Å². The molecule has 0 aliphatic carbocycles. The molecular weight excluding hydrogens is 378 g/mol. The number of carbonyl (C=O) groups excluding carboxylic acids is 1. The number of amides is 1. The molecule has 0 bridgehead atoms. The molecule has 0 radical (unpaired) electrons. The van der Waals surface area contributed by atoms with Crippen LogP contribution in [0, 0.1) is 10.1 Å². The Morgan fingerprint density at radius 3 is 2.83 bits per heavy atom. The number of hydrogen-bond acceptors (Lipinski definition) is 5. The van der Waals surface area contributed by atoms with Crippen molar-refractivity contribution >= 4 is 33.7 Å². The molecule has 2 rings (SSSR count). The summed E-state index contributed by atoms with van der Waals surface area (Å²) in [7, 11) is 0. The fourth-order valence-electron chi connectivity index (χ4n) is 1.77. The zero-order valence-corrected chi connectivity index (χ0v) is 14.1. The first-order valence-electron chi connectivity index (χ1n) is 6.99. The van der Waals surface area contributed by atoms with Gasteiger partial charge in [0.05, 0.1) is 24.2 Å². The fourth-order valence-corrected chi connectivity index (χ4v) is 2.15. The number of hydrazone groups is 1. The molecule has 1 N–H and O–H groups in total. The van der Waals surface area contributed by atoms with Crippen LogP contribution in [0.4, 0.5) is 5.69 Å². The minimum Gasteiger partial charge on any atom is -0.493 e. The van der Waals surface area contributed by atoms with Crippen molar-refractivity contribution in [2.45, 2.75) is 6.42 Å². The highest BCUT2D eigenvalue weighted by atomic mass is 79.9. The summed E-state index contributed by atoms with van der Waals surface area (Å²) in [5.74, 6) is 0.351. The Bertz CT molecular complexity index is 764. The molecule has 0 saturated carbocycles. The number of nitrogens with zero attached hydrogens (tertiary/aromatic N) is 2. The number of hydrogen-bond donors (Lipinski definition) is 1. The number of halogens is 1. The van der Waals surface area contributed by atoms with Gasteiger partial charge in [-0.05, 0) is 18.2 Å². The van der Waals surface area contributed by atoms with Crippen molar-refractivity contribution in [3.05, 3.63) is 68.7 Å². The molecule has 8 heteroatoms. The van der Waals surface area contributed by atoms with E-state index in [4.69, 9.17) is 4.74 Å². The molecule has 0 aliphatic rings. The van der Waals surface area contributed by atoms with Crippen molar-refractivity contribution in [1.29, 1.82) is 0 Å². The van der Waals surface area contributed by atoms with E-state index in [1.807, 2.05) is 12.1 Å². The normalized spacial score (nSPS) is 10.5. The van der Waals surface area contributed by atoms with Gasteiger partial charge in [0, 0.05) is 22.2 Å². The predicted molar refractivity (Wildman–Crippen MR) is 93.1 cm³/mol. The lowest BCUT2D eigenvalue weighted by atomic mass is 10.2. The number of benzene rings is 2. The number of carbonyl (C=O) groups is 1. The molecule has 7 nitrogen and oxygen atoms in total. The summed E-state index contributed by atoms with van der Waals surface area (Å²) in [5.41, 5.74) is 2.84. The first-order valence-corrected chi connectivity index (χ1v) is 7.78. The molecule has 2 aromatic carbocycles. The van der Waals surface area contributed by atoms with Crippen LogP contribution in [0.15, 0.2) is 58.1 Å². The molecule has 2 aromatic rings. The topological polar surface area (TPSA) is 93.8 Å². The molecule has 124 valence electrons. The number of non-ortho nitro benzene ring substituents is 1. The molecule has 0 aromatic heterocycles. The predicted octanol–water partition coefficient (Wildman–Crippen LogP) is 3.28. The van der Waals surface area contributed by atoms with E-state index in [0.717, 1.165) is 4.47 Å². The SMILES string of the molecule is O=C(CCOc1cccc(Br)c1)NN=Cc1cccc([N+](=O)[O-])c1. The quantitative estimate of drug-likeness (QED) is 0.445. The van der Waals surface area contributed by atoms with E-state index in [0.29, 0.717) is 11.3 Å². The summed E-state index contributed by atoms with van der Waals surface area (Å²) < 4.78 is 6.34. The Balaban J connectivity index is 1.76. The van der Waals surface area contributed by atoms with Crippen LogP contribution < -0.4 is 10.2 Å². The summed E-state index contributed by atoms with van der Waals surface area (Å²) in [5, 5.41) is 14.4. The van der Waals surface area contributed by atoms with Crippen LogP contribution in [0.2, 0.25) is 0 Å². The fraction of sp³-hybridized carbons (Fsp3) is 0.125. The minimum atomic E-state index is -0.491. The van der Waals surface area contributed by atoms with Crippen molar-refractivity contribution in [3.8, 4) is 5.75 Å². The molecule has 0 heterocycles. The first kappa shape index (κ1) is 17.6. The maximum atomic E-state index is 11.6. The standard InChI is InChI=1S/C16H14BrN3O4/c17-13-4-2-6-15(10-13)24-8-7-16(21)19-18-11-12-3-1-5-14(9-12)20(22)23/h1-6,9-11H,7-8H2,(H,19,21). The zero-order chi connectivity index (χ0) is 17.4. The highest BCUT2D eigenvalue weighted by Gasteiger charge is 2.04. The average Bonchev–Trinajstić information content (AvgIpc) is 2.55. The van der Waals surface area contributed by atoms with Gasteiger partial charge in [-0.3, -0.25) is 14.9 Å². The first-order chi connectivity index (χ1) is 11.5. The largest absolute Gasteiger partial charge is 0.493 e.